The van der Waals surface area contributed by atoms with E-state index in [-0.39, 0.29) is 12.0 Å². The Morgan fingerprint density at radius 1 is 1.71 bits per heavy atom. The van der Waals surface area contributed by atoms with Gasteiger partial charge in [0.2, 0.25) is 6.41 Å². The van der Waals surface area contributed by atoms with Crippen LogP contribution in [-0.2, 0) is 4.79 Å². The summed E-state index contributed by atoms with van der Waals surface area (Å²) < 4.78 is 0. The molecular formula is C9H12N2O2S. The Morgan fingerprint density at radius 3 is 3.21 bits per heavy atom. The highest BCUT2D eigenvalue weighted by Crippen LogP contribution is 2.26. The zero-order valence-electron chi connectivity index (χ0n) is 7.67. The Morgan fingerprint density at radius 2 is 2.57 bits per heavy atom. The second-order valence-electron chi connectivity index (χ2n) is 3.48. The van der Waals surface area contributed by atoms with E-state index < -0.39 is 0 Å². The molecule has 1 fully saturated rings. The average Bonchev–Trinajstić information content (AvgIpc) is 2.71. The molecule has 0 aliphatic carbocycles. The number of piperidine rings is 1. The highest BCUT2D eigenvalue weighted by molar-refractivity contribution is 7.07. The van der Waals surface area contributed by atoms with E-state index in [9.17, 15) is 9.90 Å². The van der Waals surface area contributed by atoms with Crippen LogP contribution in [0.3, 0.4) is 0 Å². The first kappa shape index (κ1) is 9.61. The van der Waals surface area contributed by atoms with Crippen LogP contribution < -0.4 is 0 Å². The number of thiazole rings is 1. The molecule has 0 radical (unpaired) electrons. The molecule has 2 atom stereocenters. The number of rotatable bonds is 2. The highest BCUT2D eigenvalue weighted by atomic mass is 32.1. The number of hydrogen-bond donors (Lipinski definition) is 1. The van der Waals surface area contributed by atoms with Gasteiger partial charge in [-0.05, 0) is 6.42 Å². The molecule has 14 heavy (non-hydrogen) atoms. The molecule has 1 aliphatic heterocycles. The summed E-state index contributed by atoms with van der Waals surface area (Å²) in [4.78, 5) is 16.5. The molecule has 1 saturated heterocycles. The van der Waals surface area contributed by atoms with Gasteiger partial charge in [0.15, 0.2) is 0 Å². The zero-order valence-corrected chi connectivity index (χ0v) is 8.48. The molecule has 0 aromatic carbocycles. The summed E-state index contributed by atoms with van der Waals surface area (Å²) in [6.07, 6.45) is 1.11. The minimum Gasteiger partial charge on any atom is -0.392 e. The van der Waals surface area contributed by atoms with Gasteiger partial charge in [-0.25, -0.2) is 4.98 Å². The largest absolute Gasteiger partial charge is 0.392 e. The number of carbonyl (C=O) groups is 1. The van der Waals surface area contributed by atoms with Crippen LogP contribution in [0.5, 0.6) is 0 Å². The van der Waals surface area contributed by atoms with Crippen molar-refractivity contribution in [2.24, 2.45) is 0 Å². The van der Waals surface area contributed by atoms with Crippen molar-refractivity contribution in [2.45, 2.75) is 18.4 Å². The maximum Gasteiger partial charge on any atom is 0.209 e. The van der Waals surface area contributed by atoms with E-state index in [1.165, 1.54) is 11.3 Å². The summed E-state index contributed by atoms with van der Waals surface area (Å²) in [5.41, 5.74) is 2.65. The Balaban J connectivity index is 2.12. The second kappa shape index (κ2) is 4.06. The van der Waals surface area contributed by atoms with Crippen LogP contribution >= 0.6 is 11.3 Å². The van der Waals surface area contributed by atoms with Gasteiger partial charge in [-0.3, -0.25) is 4.79 Å². The molecule has 1 N–H and O–H groups in total. The molecule has 2 heterocycles. The van der Waals surface area contributed by atoms with E-state index in [4.69, 9.17) is 0 Å². The predicted octanol–water partition coefficient (Wildman–Crippen LogP) is 0.450. The molecule has 1 aromatic rings. The van der Waals surface area contributed by atoms with Crippen molar-refractivity contribution in [1.82, 2.24) is 9.88 Å². The number of aliphatic hydroxyl groups is 1. The fraction of sp³-hybridized carbons (Fsp3) is 0.556. The van der Waals surface area contributed by atoms with Gasteiger partial charge in [0.05, 0.1) is 17.3 Å². The maximum absolute atomic E-state index is 10.6. The molecule has 2 unspecified atom stereocenters. The molecule has 1 aromatic heterocycles. The third-order valence-electron chi connectivity index (χ3n) is 2.59. The zero-order chi connectivity index (χ0) is 9.97. The quantitative estimate of drug-likeness (QED) is 0.724. The Bertz CT molecular complexity index is 302. The second-order valence-corrected chi connectivity index (χ2v) is 4.19. The maximum atomic E-state index is 10.6. The van der Waals surface area contributed by atoms with Crippen LogP contribution in [-0.4, -0.2) is 40.6 Å². The lowest BCUT2D eigenvalue weighted by Crippen LogP contribution is -2.41. The fourth-order valence-corrected chi connectivity index (χ4v) is 2.37. The number of amides is 1. The highest BCUT2D eigenvalue weighted by Gasteiger charge is 2.29. The van der Waals surface area contributed by atoms with Crippen LogP contribution in [0.2, 0.25) is 0 Å². The molecule has 0 spiro atoms. The van der Waals surface area contributed by atoms with Crippen molar-refractivity contribution < 1.29 is 9.90 Å². The van der Waals surface area contributed by atoms with Crippen molar-refractivity contribution in [2.75, 3.05) is 13.1 Å². The molecule has 2 rings (SSSR count). The number of carbonyl (C=O) groups excluding carboxylic acids is 1. The molecule has 4 nitrogen and oxygen atoms in total. The van der Waals surface area contributed by atoms with Crippen molar-refractivity contribution in [3.05, 3.63) is 16.6 Å². The minimum atomic E-state index is -0.367. The van der Waals surface area contributed by atoms with Gasteiger partial charge < -0.3 is 10.0 Å². The number of hydrogen-bond acceptors (Lipinski definition) is 4. The first-order chi connectivity index (χ1) is 6.81. The number of aromatic nitrogens is 1. The Hall–Kier alpha value is -0.940. The normalized spacial score (nSPS) is 27.6. The van der Waals surface area contributed by atoms with Crippen molar-refractivity contribution in [3.63, 3.8) is 0 Å². The first-order valence-electron chi connectivity index (χ1n) is 4.56. The molecule has 5 heteroatoms. The summed E-state index contributed by atoms with van der Waals surface area (Å²) in [5, 5.41) is 11.7. The van der Waals surface area contributed by atoms with Crippen molar-refractivity contribution in [1.29, 1.82) is 0 Å². The van der Waals surface area contributed by atoms with Gasteiger partial charge in [-0.15, -0.1) is 11.3 Å². The van der Waals surface area contributed by atoms with E-state index in [2.05, 4.69) is 4.98 Å². The number of nitrogens with zero attached hydrogens (tertiary/aromatic N) is 2. The minimum absolute atomic E-state index is 0.0137. The van der Waals surface area contributed by atoms with E-state index in [0.717, 1.165) is 12.1 Å². The molecule has 1 aliphatic rings. The predicted molar refractivity (Wildman–Crippen MR) is 53.1 cm³/mol. The van der Waals surface area contributed by atoms with Crippen molar-refractivity contribution >= 4 is 17.7 Å². The third kappa shape index (κ3) is 1.78. The first-order valence-corrected chi connectivity index (χ1v) is 5.51. The molecule has 1 amide bonds. The molecule has 0 bridgehead atoms. The van der Waals surface area contributed by atoms with E-state index in [1.807, 2.05) is 5.38 Å². The summed E-state index contributed by atoms with van der Waals surface area (Å²) in [7, 11) is 0. The van der Waals surface area contributed by atoms with E-state index in [1.54, 1.807) is 10.4 Å². The SMILES string of the molecule is O=CN1CCC(O)C(c2cscn2)C1. The summed E-state index contributed by atoms with van der Waals surface area (Å²) in [6, 6.07) is 0. The summed E-state index contributed by atoms with van der Waals surface area (Å²) in [5.74, 6) is -0.0137. The van der Waals surface area contributed by atoms with Gasteiger partial charge in [-0.2, -0.15) is 0 Å². The van der Waals surface area contributed by atoms with Crippen LogP contribution in [0.15, 0.2) is 10.9 Å². The lowest BCUT2D eigenvalue weighted by molar-refractivity contribution is -0.120. The topological polar surface area (TPSA) is 53.4 Å². The molecule has 76 valence electrons. The average molecular weight is 212 g/mol. The van der Waals surface area contributed by atoms with Crippen molar-refractivity contribution in [3.8, 4) is 0 Å². The van der Waals surface area contributed by atoms with E-state index >= 15 is 0 Å². The van der Waals surface area contributed by atoms with Crippen LogP contribution in [0.25, 0.3) is 0 Å². The van der Waals surface area contributed by atoms with Crippen LogP contribution in [0, 0.1) is 0 Å². The van der Waals surface area contributed by atoms with Gasteiger partial charge in [-0.1, -0.05) is 0 Å². The Kier molecular flexibility index (Phi) is 2.79. The van der Waals surface area contributed by atoms with Gasteiger partial charge in [0, 0.05) is 24.4 Å². The lowest BCUT2D eigenvalue weighted by atomic mass is 9.93. The van der Waals surface area contributed by atoms with Gasteiger partial charge in [0.25, 0.3) is 0 Å². The molecule has 0 saturated carbocycles. The number of likely N-dealkylation sites (tertiary alicyclic amines) is 1. The third-order valence-corrected chi connectivity index (χ3v) is 3.19. The lowest BCUT2D eigenvalue weighted by Gasteiger charge is -2.33. The van der Waals surface area contributed by atoms with Gasteiger partial charge >= 0.3 is 0 Å². The monoisotopic (exact) mass is 212 g/mol. The smallest absolute Gasteiger partial charge is 0.209 e. The van der Waals surface area contributed by atoms with Gasteiger partial charge in [0.1, 0.15) is 0 Å². The van der Waals surface area contributed by atoms with E-state index in [0.29, 0.717) is 19.5 Å². The Labute approximate surface area is 86.2 Å². The summed E-state index contributed by atoms with van der Waals surface area (Å²) >= 11 is 1.52. The standard InChI is InChI=1S/C9H12N2O2S/c12-6-11-2-1-9(13)7(3-11)8-4-14-5-10-8/h4-7,9,13H,1-3H2. The molecular weight excluding hydrogens is 200 g/mol. The fourth-order valence-electron chi connectivity index (χ4n) is 1.76. The summed E-state index contributed by atoms with van der Waals surface area (Å²) in [6.45, 7) is 1.22. The van der Waals surface area contributed by atoms with Crippen LogP contribution in [0.1, 0.15) is 18.0 Å². The van der Waals surface area contributed by atoms with Crippen LogP contribution in [0.4, 0.5) is 0 Å². The number of aliphatic hydroxyl groups excluding tert-OH is 1.